The number of methoxy groups -OCH3 is 1. The SMILES string of the molecule is COc1ccc2[nH]c3c(c2c1)CCN(C(=O)Nc1ccc(C)cc1C)[C@@H]3c1ccc(C)cc1. The molecule has 3 aromatic carbocycles. The summed E-state index contributed by atoms with van der Waals surface area (Å²) in [5.74, 6) is 0.839. The molecule has 1 aliphatic heterocycles. The van der Waals surface area contributed by atoms with Crippen molar-refractivity contribution in [2.24, 2.45) is 0 Å². The quantitative estimate of drug-likeness (QED) is 0.395. The van der Waals surface area contributed by atoms with E-state index in [9.17, 15) is 4.79 Å². The zero-order chi connectivity index (χ0) is 23.1. The molecule has 5 heteroatoms. The number of aromatic amines is 1. The summed E-state index contributed by atoms with van der Waals surface area (Å²) in [7, 11) is 1.69. The number of fused-ring (bicyclic) bond motifs is 3. The molecule has 0 fully saturated rings. The molecule has 0 saturated heterocycles. The number of carbonyl (C=O) groups is 1. The van der Waals surface area contributed by atoms with E-state index in [4.69, 9.17) is 4.74 Å². The highest BCUT2D eigenvalue weighted by atomic mass is 16.5. The highest BCUT2D eigenvalue weighted by Gasteiger charge is 2.34. The minimum atomic E-state index is -0.196. The number of nitrogens with one attached hydrogen (secondary N) is 2. The second kappa shape index (κ2) is 8.32. The normalized spacial score (nSPS) is 15.4. The Labute approximate surface area is 194 Å². The van der Waals surface area contributed by atoms with E-state index < -0.39 is 0 Å². The first kappa shape index (κ1) is 21.1. The van der Waals surface area contributed by atoms with Gasteiger partial charge in [0, 0.05) is 28.8 Å². The Kier molecular flexibility index (Phi) is 5.33. The van der Waals surface area contributed by atoms with Crippen LogP contribution in [0.25, 0.3) is 10.9 Å². The number of amides is 2. The van der Waals surface area contributed by atoms with Crippen LogP contribution >= 0.6 is 0 Å². The summed E-state index contributed by atoms with van der Waals surface area (Å²) in [6.07, 6.45) is 0.783. The highest BCUT2D eigenvalue weighted by Crippen LogP contribution is 2.39. The first-order chi connectivity index (χ1) is 15.9. The van der Waals surface area contributed by atoms with Gasteiger partial charge in [0.05, 0.1) is 13.2 Å². The standard InChI is InChI=1S/C28H29N3O2/c1-17-5-8-20(9-6-17)27-26-22(23-16-21(33-4)10-12-25(23)29-26)13-14-31(27)28(32)30-24-11-7-18(2)15-19(24)3/h5-12,15-16,27,29H,13-14H2,1-4H3,(H,30,32)/t27-/m1/s1. The van der Waals surface area contributed by atoms with E-state index in [-0.39, 0.29) is 12.1 Å². The lowest BCUT2D eigenvalue weighted by molar-refractivity contribution is 0.193. The van der Waals surface area contributed by atoms with Crippen LogP contribution in [-0.4, -0.2) is 29.6 Å². The Hall–Kier alpha value is -3.73. The van der Waals surface area contributed by atoms with Gasteiger partial charge in [0.2, 0.25) is 0 Å². The number of benzene rings is 3. The van der Waals surface area contributed by atoms with Crippen LogP contribution in [0, 0.1) is 20.8 Å². The number of hydrogen-bond donors (Lipinski definition) is 2. The molecule has 1 atom stereocenters. The third-order valence-electron chi connectivity index (χ3n) is 6.61. The average molecular weight is 440 g/mol. The lowest BCUT2D eigenvalue weighted by Crippen LogP contribution is -2.43. The minimum Gasteiger partial charge on any atom is -0.497 e. The second-order valence-electron chi connectivity index (χ2n) is 8.93. The highest BCUT2D eigenvalue weighted by molar-refractivity contribution is 5.92. The van der Waals surface area contributed by atoms with Crippen molar-refractivity contribution in [1.29, 1.82) is 0 Å². The molecule has 5 rings (SSSR count). The van der Waals surface area contributed by atoms with Gasteiger partial charge in [0.25, 0.3) is 0 Å². The molecule has 2 heterocycles. The van der Waals surface area contributed by atoms with Gasteiger partial charge < -0.3 is 19.9 Å². The summed E-state index contributed by atoms with van der Waals surface area (Å²) in [6, 6.07) is 20.4. The van der Waals surface area contributed by atoms with Crippen molar-refractivity contribution in [2.75, 3.05) is 19.0 Å². The van der Waals surface area contributed by atoms with Crippen LogP contribution in [0.4, 0.5) is 10.5 Å². The fourth-order valence-electron chi connectivity index (χ4n) is 4.85. The number of urea groups is 1. The summed E-state index contributed by atoms with van der Waals surface area (Å²) in [4.78, 5) is 19.1. The van der Waals surface area contributed by atoms with Gasteiger partial charge in [-0.1, -0.05) is 47.5 Å². The van der Waals surface area contributed by atoms with Gasteiger partial charge in [-0.15, -0.1) is 0 Å². The fourth-order valence-corrected chi connectivity index (χ4v) is 4.85. The van der Waals surface area contributed by atoms with E-state index in [0.717, 1.165) is 45.6 Å². The summed E-state index contributed by atoms with van der Waals surface area (Å²) >= 11 is 0. The van der Waals surface area contributed by atoms with Crippen LogP contribution < -0.4 is 10.1 Å². The number of anilines is 1. The van der Waals surface area contributed by atoms with Gasteiger partial charge in [0.1, 0.15) is 5.75 Å². The first-order valence-electron chi connectivity index (χ1n) is 11.3. The van der Waals surface area contributed by atoms with Crippen LogP contribution in [0.3, 0.4) is 0 Å². The molecule has 168 valence electrons. The molecule has 2 amide bonds. The zero-order valence-corrected chi connectivity index (χ0v) is 19.5. The molecular weight excluding hydrogens is 410 g/mol. The third-order valence-corrected chi connectivity index (χ3v) is 6.61. The number of aryl methyl sites for hydroxylation is 3. The van der Waals surface area contributed by atoms with Gasteiger partial charge in [-0.2, -0.15) is 0 Å². The van der Waals surface area contributed by atoms with E-state index >= 15 is 0 Å². The molecule has 0 unspecified atom stereocenters. The van der Waals surface area contributed by atoms with Crippen LogP contribution in [0.2, 0.25) is 0 Å². The molecule has 0 saturated carbocycles. The number of ether oxygens (including phenoxy) is 1. The maximum absolute atomic E-state index is 13.6. The van der Waals surface area contributed by atoms with Crippen molar-refractivity contribution in [1.82, 2.24) is 9.88 Å². The molecule has 0 aliphatic carbocycles. The van der Waals surface area contributed by atoms with E-state index in [2.05, 4.69) is 66.6 Å². The van der Waals surface area contributed by atoms with Gasteiger partial charge in [-0.05, 0) is 68.1 Å². The van der Waals surface area contributed by atoms with Crippen molar-refractivity contribution in [3.8, 4) is 5.75 Å². The number of rotatable bonds is 3. The molecule has 0 bridgehead atoms. The number of carbonyl (C=O) groups excluding carboxylic acids is 1. The molecule has 0 spiro atoms. The monoisotopic (exact) mass is 439 g/mol. The lowest BCUT2D eigenvalue weighted by Gasteiger charge is -2.36. The zero-order valence-electron chi connectivity index (χ0n) is 19.5. The van der Waals surface area contributed by atoms with E-state index in [1.165, 1.54) is 16.7 Å². The van der Waals surface area contributed by atoms with Gasteiger partial charge in [-0.25, -0.2) is 4.79 Å². The molecule has 1 aliphatic rings. The third kappa shape index (κ3) is 3.84. The van der Waals surface area contributed by atoms with Crippen molar-refractivity contribution in [3.05, 3.63) is 94.2 Å². The van der Waals surface area contributed by atoms with Gasteiger partial charge in [-0.3, -0.25) is 0 Å². The van der Waals surface area contributed by atoms with Crippen molar-refractivity contribution >= 4 is 22.6 Å². The maximum atomic E-state index is 13.6. The fraction of sp³-hybridized carbons (Fsp3) is 0.250. The smallest absolute Gasteiger partial charge is 0.322 e. The van der Waals surface area contributed by atoms with E-state index in [0.29, 0.717) is 6.54 Å². The first-order valence-corrected chi connectivity index (χ1v) is 11.3. The molecular formula is C28H29N3O2. The summed E-state index contributed by atoms with van der Waals surface area (Å²) in [5.41, 5.74) is 8.77. The lowest BCUT2D eigenvalue weighted by atomic mass is 9.92. The predicted molar refractivity (Wildman–Crippen MR) is 133 cm³/mol. The van der Waals surface area contributed by atoms with Crippen molar-refractivity contribution in [2.45, 2.75) is 33.2 Å². The van der Waals surface area contributed by atoms with Gasteiger partial charge >= 0.3 is 6.03 Å². The molecule has 33 heavy (non-hydrogen) atoms. The largest absolute Gasteiger partial charge is 0.497 e. The van der Waals surface area contributed by atoms with Crippen LogP contribution in [0.5, 0.6) is 5.75 Å². The van der Waals surface area contributed by atoms with Gasteiger partial charge in [0.15, 0.2) is 0 Å². The van der Waals surface area contributed by atoms with Crippen LogP contribution in [0.15, 0.2) is 60.7 Å². The van der Waals surface area contributed by atoms with Crippen LogP contribution in [0.1, 0.15) is 39.6 Å². The number of nitrogens with zero attached hydrogens (tertiary/aromatic N) is 1. The molecule has 0 radical (unpaired) electrons. The molecule has 2 N–H and O–H groups in total. The Morgan fingerprint density at radius 2 is 1.76 bits per heavy atom. The molecule has 4 aromatic rings. The summed E-state index contributed by atoms with van der Waals surface area (Å²) in [5, 5.41) is 4.32. The predicted octanol–water partition coefficient (Wildman–Crippen LogP) is 6.28. The van der Waals surface area contributed by atoms with Crippen molar-refractivity contribution < 1.29 is 9.53 Å². The van der Waals surface area contributed by atoms with E-state index in [1.807, 2.05) is 30.0 Å². The Bertz CT molecular complexity index is 1340. The average Bonchev–Trinajstić information content (AvgIpc) is 3.18. The second-order valence-corrected chi connectivity index (χ2v) is 8.93. The number of hydrogen-bond acceptors (Lipinski definition) is 2. The minimum absolute atomic E-state index is 0.0885. The van der Waals surface area contributed by atoms with Crippen molar-refractivity contribution in [3.63, 3.8) is 0 Å². The van der Waals surface area contributed by atoms with E-state index in [1.54, 1.807) is 7.11 Å². The summed E-state index contributed by atoms with van der Waals surface area (Å²) < 4.78 is 5.46. The maximum Gasteiger partial charge on any atom is 0.322 e. The summed E-state index contributed by atoms with van der Waals surface area (Å²) in [6.45, 7) is 6.80. The Morgan fingerprint density at radius 3 is 2.48 bits per heavy atom. The topological polar surface area (TPSA) is 57.4 Å². The number of aromatic nitrogens is 1. The number of H-pyrrole nitrogens is 1. The molecule has 1 aromatic heterocycles. The molecule has 5 nitrogen and oxygen atoms in total. The van der Waals surface area contributed by atoms with Crippen LogP contribution in [-0.2, 0) is 6.42 Å². The Morgan fingerprint density at radius 1 is 1.00 bits per heavy atom. The Balaban J connectivity index is 1.58.